The smallest absolute Gasteiger partial charge is 0.264 e. The molecule has 39 heavy (non-hydrogen) atoms. The average Bonchev–Trinajstić information content (AvgIpc) is 2.90. The summed E-state index contributed by atoms with van der Waals surface area (Å²) in [6.45, 7) is 2.99. The van der Waals surface area contributed by atoms with Crippen molar-refractivity contribution < 1.29 is 26.0 Å². The van der Waals surface area contributed by atoms with Crippen LogP contribution in [0.1, 0.15) is 11.1 Å². The summed E-state index contributed by atoms with van der Waals surface area (Å²) in [5, 5.41) is 2.55. The molecular weight excluding hydrogens is 541 g/mol. The Balaban J connectivity index is 1.53. The maximum atomic E-state index is 14.6. The van der Waals surface area contributed by atoms with E-state index in [1.54, 1.807) is 25.1 Å². The largest absolute Gasteiger partial charge is 0.325 e. The van der Waals surface area contributed by atoms with Gasteiger partial charge < -0.3 is 5.32 Å². The lowest BCUT2D eigenvalue weighted by Gasteiger charge is -2.24. The number of nitrogens with one attached hydrogen (secondary N) is 2. The summed E-state index contributed by atoms with van der Waals surface area (Å²) in [6, 6.07) is 23.4. The number of rotatable bonds is 9. The highest BCUT2D eigenvalue weighted by Gasteiger charge is 2.29. The fourth-order valence-corrected chi connectivity index (χ4v) is 6.43. The molecule has 4 rings (SSSR count). The maximum Gasteiger partial charge on any atom is 0.264 e. The number of amides is 1. The summed E-state index contributed by atoms with van der Waals surface area (Å²) in [4.78, 5) is 12.8. The van der Waals surface area contributed by atoms with Crippen LogP contribution >= 0.6 is 0 Å². The van der Waals surface area contributed by atoms with Crippen molar-refractivity contribution in [1.29, 1.82) is 0 Å². The first-order valence-electron chi connectivity index (χ1n) is 11.8. The van der Waals surface area contributed by atoms with E-state index in [1.165, 1.54) is 66.7 Å². The van der Waals surface area contributed by atoms with Crippen LogP contribution in [-0.2, 0) is 24.8 Å². The van der Waals surface area contributed by atoms with Crippen LogP contribution in [0.4, 0.5) is 21.5 Å². The average molecular weight is 568 g/mol. The van der Waals surface area contributed by atoms with Crippen LogP contribution in [0.15, 0.2) is 107 Å². The zero-order valence-corrected chi connectivity index (χ0v) is 22.8. The number of hydrogen-bond acceptors (Lipinski definition) is 5. The van der Waals surface area contributed by atoms with Crippen LogP contribution in [0.3, 0.4) is 0 Å². The van der Waals surface area contributed by atoms with Gasteiger partial charge in [-0.3, -0.25) is 13.8 Å². The van der Waals surface area contributed by atoms with Gasteiger partial charge in [-0.2, -0.15) is 0 Å². The molecule has 8 nitrogen and oxygen atoms in total. The number of nitrogens with zero attached hydrogens (tertiary/aromatic N) is 1. The number of hydrogen-bond donors (Lipinski definition) is 2. The van der Waals surface area contributed by atoms with Gasteiger partial charge in [0.25, 0.3) is 20.0 Å². The molecule has 202 valence electrons. The van der Waals surface area contributed by atoms with E-state index in [0.717, 1.165) is 17.2 Å². The fourth-order valence-electron chi connectivity index (χ4n) is 3.85. The zero-order valence-electron chi connectivity index (χ0n) is 21.1. The monoisotopic (exact) mass is 567 g/mol. The van der Waals surface area contributed by atoms with Gasteiger partial charge in [0.1, 0.15) is 12.4 Å². The summed E-state index contributed by atoms with van der Waals surface area (Å²) < 4.78 is 70.2. The van der Waals surface area contributed by atoms with Crippen molar-refractivity contribution in [2.45, 2.75) is 23.6 Å². The van der Waals surface area contributed by atoms with Gasteiger partial charge in [0.2, 0.25) is 5.91 Å². The van der Waals surface area contributed by atoms with Gasteiger partial charge in [0.05, 0.1) is 21.2 Å². The van der Waals surface area contributed by atoms with Crippen LogP contribution in [0.2, 0.25) is 0 Å². The standard InChI is InChI=1S/C28H26FN3O5S2/c1-20-12-17-26(21(2)18-20)31-38(34,35)23-15-13-22(14-16-23)30-28(33)19-32(27-11-7-6-10-25(27)29)39(36,37)24-8-4-3-5-9-24/h3-18,31H,19H2,1-2H3,(H,30,33). The molecule has 1 amide bonds. The van der Waals surface area contributed by atoms with Crippen molar-refractivity contribution in [3.8, 4) is 0 Å². The SMILES string of the molecule is Cc1ccc(NS(=O)(=O)c2ccc(NC(=O)CN(c3ccccc3F)S(=O)(=O)c3ccccc3)cc2)c(C)c1. The minimum absolute atomic E-state index is 0.0277. The van der Waals surface area contributed by atoms with E-state index in [0.29, 0.717) is 9.99 Å². The normalized spacial score (nSPS) is 11.6. The van der Waals surface area contributed by atoms with E-state index in [4.69, 9.17) is 0 Å². The van der Waals surface area contributed by atoms with Crippen LogP contribution in [-0.4, -0.2) is 29.3 Å². The first kappa shape index (κ1) is 27.8. The number of para-hydroxylation sites is 1. The molecule has 0 aliphatic rings. The Morgan fingerprint density at radius 3 is 2.08 bits per heavy atom. The van der Waals surface area contributed by atoms with Gasteiger partial charge in [0, 0.05) is 5.69 Å². The summed E-state index contributed by atoms with van der Waals surface area (Å²) in [6.07, 6.45) is 0. The zero-order chi connectivity index (χ0) is 28.2. The van der Waals surface area contributed by atoms with Crippen molar-refractivity contribution in [3.05, 3.63) is 114 Å². The summed E-state index contributed by atoms with van der Waals surface area (Å²) in [5.41, 5.74) is 2.17. The molecule has 0 radical (unpaired) electrons. The summed E-state index contributed by atoms with van der Waals surface area (Å²) in [5.74, 6) is -1.56. The number of halogens is 1. The second kappa shape index (κ2) is 11.3. The van der Waals surface area contributed by atoms with E-state index >= 15 is 0 Å². The Hall–Kier alpha value is -4.22. The predicted molar refractivity (Wildman–Crippen MR) is 149 cm³/mol. The van der Waals surface area contributed by atoms with E-state index in [-0.39, 0.29) is 21.2 Å². The van der Waals surface area contributed by atoms with Crippen LogP contribution < -0.4 is 14.3 Å². The van der Waals surface area contributed by atoms with Gasteiger partial charge in [-0.1, -0.05) is 48.0 Å². The van der Waals surface area contributed by atoms with Crippen LogP contribution in [0.5, 0.6) is 0 Å². The third-order valence-corrected chi connectivity index (χ3v) is 8.97. The molecule has 0 aromatic heterocycles. The second-order valence-electron chi connectivity index (χ2n) is 8.77. The number of sulfonamides is 2. The molecule has 0 saturated carbocycles. The highest BCUT2D eigenvalue weighted by atomic mass is 32.2. The highest BCUT2D eigenvalue weighted by Crippen LogP contribution is 2.27. The number of carbonyl (C=O) groups is 1. The van der Waals surface area contributed by atoms with Crippen molar-refractivity contribution in [1.82, 2.24) is 0 Å². The van der Waals surface area contributed by atoms with Gasteiger partial charge in [-0.25, -0.2) is 21.2 Å². The summed E-state index contributed by atoms with van der Waals surface area (Å²) in [7, 11) is -8.18. The molecule has 0 heterocycles. The minimum Gasteiger partial charge on any atom is -0.325 e. The number of carbonyl (C=O) groups excluding carboxylic acids is 1. The molecule has 0 spiro atoms. The quantitative estimate of drug-likeness (QED) is 0.293. The highest BCUT2D eigenvalue weighted by molar-refractivity contribution is 7.93. The van der Waals surface area contributed by atoms with Crippen molar-refractivity contribution in [2.75, 3.05) is 20.9 Å². The second-order valence-corrected chi connectivity index (χ2v) is 12.3. The van der Waals surface area contributed by atoms with Crippen molar-refractivity contribution in [2.24, 2.45) is 0 Å². The third-order valence-electron chi connectivity index (χ3n) is 5.81. The molecule has 11 heteroatoms. The van der Waals surface area contributed by atoms with Crippen molar-refractivity contribution in [3.63, 3.8) is 0 Å². The lowest BCUT2D eigenvalue weighted by Crippen LogP contribution is -2.38. The maximum absolute atomic E-state index is 14.6. The lowest BCUT2D eigenvalue weighted by molar-refractivity contribution is -0.114. The van der Waals surface area contributed by atoms with E-state index in [1.807, 2.05) is 13.0 Å². The van der Waals surface area contributed by atoms with Gasteiger partial charge in [-0.05, 0) is 74.0 Å². The molecule has 0 fully saturated rings. The van der Waals surface area contributed by atoms with Crippen molar-refractivity contribution >= 4 is 43.0 Å². The fraction of sp³-hybridized carbons (Fsp3) is 0.107. The van der Waals surface area contributed by atoms with Crippen LogP contribution in [0, 0.1) is 19.7 Å². The molecule has 0 bridgehead atoms. The Labute approximate surface area is 227 Å². The van der Waals surface area contributed by atoms with E-state index in [2.05, 4.69) is 10.0 Å². The van der Waals surface area contributed by atoms with Crippen LogP contribution in [0.25, 0.3) is 0 Å². The molecule has 2 N–H and O–H groups in total. The number of anilines is 3. The number of aryl methyl sites for hydroxylation is 2. The first-order valence-corrected chi connectivity index (χ1v) is 14.7. The minimum atomic E-state index is -4.28. The summed E-state index contributed by atoms with van der Waals surface area (Å²) >= 11 is 0. The molecule has 0 saturated heterocycles. The van der Waals surface area contributed by atoms with Gasteiger partial charge in [0.15, 0.2) is 0 Å². The Bertz CT molecular complexity index is 1710. The van der Waals surface area contributed by atoms with E-state index < -0.39 is 38.3 Å². The number of benzene rings is 4. The topological polar surface area (TPSA) is 113 Å². The molecular formula is C28H26FN3O5S2. The van der Waals surface area contributed by atoms with Gasteiger partial charge >= 0.3 is 0 Å². The Morgan fingerprint density at radius 1 is 0.795 bits per heavy atom. The van der Waals surface area contributed by atoms with E-state index in [9.17, 15) is 26.0 Å². The molecule has 0 unspecified atom stereocenters. The molecule has 0 atom stereocenters. The Morgan fingerprint density at radius 2 is 1.44 bits per heavy atom. The lowest BCUT2D eigenvalue weighted by atomic mass is 10.1. The molecule has 0 aliphatic heterocycles. The molecule has 0 aliphatic carbocycles. The van der Waals surface area contributed by atoms with Gasteiger partial charge in [-0.15, -0.1) is 0 Å². The first-order chi connectivity index (χ1) is 18.5. The Kier molecular flexibility index (Phi) is 8.03. The molecule has 4 aromatic rings. The molecule has 4 aromatic carbocycles. The predicted octanol–water partition coefficient (Wildman–Crippen LogP) is 5.08. The third kappa shape index (κ3) is 6.44.